The first-order valence-electron chi connectivity index (χ1n) is 7.60. The van der Waals surface area contributed by atoms with Crippen molar-refractivity contribution >= 4 is 39.9 Å². The van der Waals surface area contributed by atoms with E-state index in [4.69, 9.17) is 4.74 Å². The number of ether oxygens (including phenoxy) is 1. The van der Waals surface area contributed by atoms with E-state index in [1.807, 2.05) is 0 Å². The van der Waals surface area contributed by atoms with E-state index < -0.39 is 23.2 Å². The molecule has 0 fully saturated rings. The quantitative estimate of drug-likeness (QED) is 0.367. The van der Waals surface area contributed by atoms with Gasteiger partial charge in [0.25, 0.3) is 0 Å². The second-order valence-corrected chi connectivity index (χ2v) is 15.8. The average molecular weight is 500 g/mol. The van der Waals surface area contributed by atoms with E-state index in [-0.39, 0.29) is 6.10 Å². The summed E-state index contributed by atoms with van der Waals surface area (Å²) in [5.74, 6) is 0. The van der Waals surface area contributed by atoms with Crippen LogP contribution in [-0.2, 0) is 14.3 Å². The van der Waals surface area contributed by atoms with Crippen molar-refractivity contribution in [2.45, 2.75) is 41.4 Å². The van der Waals surface area contributed by atoms with Crippen LogP contribution in [0.1, 0.15) is 22.9 Å². The fourth-order valence-electron chi connectivity index (χ4n) is 2.33. The average Bonchev–Trinajstić information content (AvgIpc) is 2.99. The van der Waals surface area contributed by atoms with Crippen LogP contribution in [0, 0.1) is 0 Å². The number of imidazole rings is 1. The van der Waals surface area contributed by atoms with E-state index >= 15 is 0 Å². The number of rotatable bonds is 6. The fraction of sp³-hybridized carbons (Fsp3) is 0.438. The summed E-state index contributed by atoms with van der Waals surface area (Å²) >= 11 is 6.96. The molecule has 138 valence electrons. The van der Waals surface area contributed by atoms with Gasteiger partial charge in [-0.2, -0.15) is 13.2 Å². The number of benzene rings is 1. The van der Waals surface area contributed by atoms with Crippen molar-refractivity contribution in [3.63, 3.8) is 0 Å². The lowest BCUT2D eigenvalue weighted by atomic mass is 10.1. The maximum absolute atomic E-state index is 12.8. The molecule has 0 bridgehead atoms. The predicted octanol–water partition coefficient (Wildman–Crippen LogP) is 6.42. The second-order valence-electron chi connectivity index (χ2n) is 6.97. The minimum atomic E-state index is -4.35. The highest BCUT2D eigenvalue weighted by Gasteiger charge is 2.35. The summed E-state index contributed by atoms with van der Waals surface area (Å²) in [6, 6.07) is 5.91. The number of nitrogens with zero attached hydrogens (tertiary/aromatic N) is 1. The Morgan fingerprint density at radius 1 is 1.16 bits per heavy atom. The minimum Gasteiger partial charge on any atom is -0.345 e. The largest absolute Gasteiger partial charge is 0.416 e. The molecule has 0 spiro atoms. The van der Waals surface area contributed by atoms with Gasteiger partial charge in [-0.25, -0.2) is 4.98 Å². The third-order valence-electron chi connectivity index (χ3n) is 3.51. The van der Waals surface area contributed by atoms with E-state index in [0.717, 1.165) is 18.2 Å². The number of aromatic amines is 1. The Labute approximate surface area is 162 Å². The van der Waals surface area contributed by atoms with Crippen LogP contribution in [0.15, 0.2) is 36.8 Å². The molecule has 3 nitrogen and oxygen atoms in total. The molecule has 1 N–H and O–H groups in total. The first-order chi connectivity index (χ1) is 11.4. The van der Waals surface area contributed by atoms with Crippen molar-refractivity contribution in [2.24, 2.45) is 0 Å². The molecular formula is C16H19Br2F3N2OSi. The van der Waals surface area contributed by atoms with Crippen molar-refractivity contribution in [3.8, 4) is 0 Å². The molecule has 0 saturated heterocycles. The van der Waals surface area contributed by atoms with Crippen LogP contribution in [0.2, 0.25) is 25.7 Å². The molecule has 1 heterocycles. The van der Waals surface area contributed by atoms with E-state index in [1.165, 1.54) is 18.5 Å². The molecule has 2 rings (SSSR count). The molecule has 0 aliphatic rings. The Kier molecular flexibility index (Phi) is 6.23. The van der Waals surface area contributed by atoms with Crippen LogP contribution >= 0.6 is 31.9 Å². The van der Waals surface area contributed by atoms with Crippen LogP contribution in [0.5, 0.6) is 0 Å². The van der Waals surface area contributed by atoms with Gasteiger partial charge in [-0.15, -0.1) is 0 Å². The van der Waals surface area contributed by atoms with Crippen molar-refractivity contribution in [3.05, 3.63) is 53.6 Å². The lowest BCUT2D eigenvalue weighted by Crippen LogP contribution is -2.27. The zero-order chi connectivity index (χ0) is 18.9. The smallest absolute Gasteiger partial charge is 0.345 e. The molecular weight excluding hydrogens is 481 g/mol. The summed E-state index contributed by atoms with van der Waals surface area (Å²) in [6.45, 7) is 6.56. The van der Waals surface area contributed by atoms with Gasteiger partial charge in [0.05, 0.1) is 29.9 Å². The van der Waals surface area contributed by atoms with Gasteiger partial charge >= 0.3 is 6.18 Å². The molecule has 2 aromatic rings. The van der Waals surface area contributed by atoms with Crippen molar-refractivity contribution in [1.82, 2.24) is 9.97 Å². The topological polar surface area (TPSA) is 37.9 Å². The summed E-state index contributed by atoms with van der Waals surface area (Å²) < 4.78 is 43.6. The maximum atomic E-state index is 12.8. The molecule has 9 heteroatoms. The number of alkyl halides is 5. The molecule has 1 unspecified atom stereocenters. The molecule has 0 aliphatic heterocycles. The number of hydrogen-bond acceptors (Lipinski definition) is 2. The van der Waals surface area contributed by atoms with Crippen LogP contribution < -0.4 is 0 Å². The Hall–Kier alpha value is -0.643. The van der Waals surface area contributed by atoms with Gasteiger partial charge in [0.2, 0.25) is 3.42 Å². The van der Waals surface area contributed by atoms with Gasteiger partial charge in [-0.05, 0) is 55.6 Å². The summed E-state index contributed by atoms with van der Waals surface area (Å²) in [6.07, 6.45) is -1.57. The van der Waals surface area contributed by atoms with Crippen molar-refractivity contribution in [1.29, 1.82) is 0 Å². The SMILES string of the molecule is C[Si](C)(C)CC(OC(Br)(Br)c1cnc[nH]1)c1ccc(C(F)(F)F)cc1. The zero-order valence-electron chi connectivity index (χ0n) is 14.0. The lowest BCUT2D eigenvalue weighted by molar-refractivity contribution is -0.137. The summed E-state index contributed by atoms with van der Waals surface area (Å²) in [4.78, 5) is 6.93. The molecule has 0 saturated carbocycles. The number of H-pyrrole nitrogens is 1. The van der Waals surface area contributed by atoms with Gasteiger partial charge in [-0.1, -0.05) is 31.8 Å². The molecule has 1 aromatic carbocycles. The van der Waals surface area contributed by atoms with Gasteiger partial charge in [0.1, 0.15) is 0 Å². The highest BCUT2D eigenvalue weighted by atomic mass is 79.9. The van der Waals surface area contributed by atoms with Crippen LogP contribution in [0.25, 0.3) is 0 Å². The molecule has 0 radical (unpaired) electrons. The van der Waals surface area contributed by atoms with E-state index in [2.05, 4.69) is 61.5 Å². The third kappa shape index (κ3) is 5.94. The standard InChI is InChI=1S/C16H19Br2F3N2OSi/c1-25(2,3)9-13(24-15(17,18)14-8-22-10-23-14)11-4-6-12(7-5-11)16(19,20)21/h4-8,10,13H,9H2,1-3H3,(H,22,23). The van der Waals surface area contributed by atoms with Gasteiger partial charge < -0.3 is 9.72 Å². The lowest BCUT2D eigenvalue weighted by Gasteiger charge is -2.31. The molecule has 1 aromatic heterocycles. The van der Waals surface area contributed by atoms with Crippen LogP contribution in [0.4, 0.5) is 13.2 Å². The summed E-state index contributed by atoms with van der Waals surface area (Å²) in [5, 5.41) is 0. The number of hydrogen-bond donors (Lipinski definition) is 1. The first kappa shape index (κ1) is 20.7. The summed E-state index contributed by atoms with van der Waals surface area (Å²) in [7, 11) is -1.55. The minimum absolute atomic E-state index is 0.365. The van der Waals surface area contributed by atoms with Crippen molar-refractivity contribution in [2.75, 3.05) is 0 Å². The van der Waals surface area contributed by atoms with E-state index in [1.54, 1.807) is 6.20 Å². The van der Waals surface area contributed by atoms with Crippen molar-refractivity contribution < 1.29 is 17.9 Å². The summed E-state index contributed by atoms with van der Waals surface area (Å²) in [5.41, 5.74) is 0.707. The van der Waals surface area contributed by atoms with Gasteiger partial charge in [-0.3, -0.25) is 0 Å². The maximum Gasteiger partial charge on any atom is 0.416 e. The number of nitrogens with one attached hydrogen (secondary N) is 1. The molecule has 25 heavy (non-hydrogen) atoms. The molecule has 1 atom stereocenters. The molecule has 0 amide bonds. The van der Waals surface area contributed by atoms with Gasteiger partial charge in [0.15, 0.2) is 0 Å². The fourth-order valence-corrected chi connectivity index (χ4v) is 4.64. The van der Waals surface area contributed by atoms with Gasteiger partial charge in [0, 0.05) is 8.07 Å². The van der Waals surface area contributed by atoms with Crippen LogP contribution in [0.3, 0.4) is 0 Å². The first-order valence-corrected chi connectivity index (χ1v) is 12.9. The zero-order valence-corrected chi connectivity index (χ0v) is 18.2. The number of halogens is 5. The van der Waals surface area contributed by atoms with E-state index in [0.29, 0.717) is 11.3 Å². The highest BCUT2D eigenvalue weighted by molar-refractivity contribution is 9.24. The third-order valence-corrected chi connectivity index (χ3v) is 6.33. The Bertz CT molecular complexity index is 683. The van der Waals surface area contributed by atoms with E-state index in [9.17, 15) is 13.2 Å². The second kappa shape index (κ2) is 7.54. The van der Waals surface area contributed by atoms with Crippen LogP contribution in [-0.4, -0.2) is 18.0 Å². The highest BCUT2D eigenvalue weighted by Crippen LogP contribution is 2.44. The Morgan fingerprint density at radius 3 is 2.20 bits per heavy atom. The normalized spacial score (nSPS) is 14.6. The predicted molar refractivity (Wildman–Crippen MR) is 102 cm³/mol. The Balaban J connectivity index is 2.30. The molecule has 0 aliphatic carbocycles. The number of aromatic nitrogens is 2. The monoisotopic (exact) mass is 498 g/mol. The Morgan fingerprint density at radius 2 is 1.76 bits per heavy atom.